The molecule has 0 N–H and O–H groups in total. The van der Waals surface area contributed by atoms with Crippen LogP contribution in [0.4, 0.5) is 0 Å². The summed E-state index contributed by atoms with van der Waals surface area (Å²) in [6.45, 7) is 3.98. The van der Waals surface area contributed by atoms with Crippen molar-refractivity contribution in [1.82, 2.24) is 0 Å². The summed E-state index contributed by atoms with van der Waals surface area (Å²) in [6, 6.07) is 18.9. The van der Waals surface area contributed by atoms with E-state index in [2.05, 4.69) is 18.4 Å². The normalized spacial score (nSPS) is 9.26. The molecule has 0 saturated heterocycles. The number of carbonyl (C=O) groups is 1. The van der Waals surface area contributed by atoms with Gasteiger partial charge in [-0.05, 0) is 17.1 Å². The van der Waals surface area contributed by atoms with Gasteiger partial charge < -0.3 is 0 Å². The van der Waals surface area contributed by atoms with E-state index in [9.17, 15) is 4.79 Å². The highest BCUT2D eigenvalue weighted by atomic mass is 16.1. The van der Waals surface area contributed by atoms with E-state index in [1.165, 1.54) is 0 Å². The van der Waals surface area contributed by atoms with Crippen LogP contribution in [0.2, 0.25) is 0 Å². The molecule has 0 unspecified atom stereocenters. The number of allylic oxidation sites excluding steroid dienone is 1. The third-order valence-electron chi connectivity index (χ3n) is 2.72. The lowest BCUT2D eigenvalue weighted by atomic mass is 10.0. The Morgan fingerprint density at radius 1 is 0.895 bits per heavy atom. The highest BCUT2D eigenvalue weighted by Gasteiger charge is 1.99. The van der Waals surface area contributed by atoms with Crippen molar-refractivity contribution in [2.45, 2.75) is 6.42 Å². The SMILES string of the molecule is C=C(CC#CC(=O)c1ccccc1)c1ccccc1. The number of ketones is 1. The number of rotatable bonds is 3. The maximum absolute atomic E-state index is 11.8. The zero-order valence-electron chi connectivity index (χ0n) is 10.6. The Balaban J connectivity index is 1.99. The van der Waals surface area contributed by atoms with Gasteiger partial charge >= 0.3 is 0 Å². The Kier molecular flexibility index (Phi) is 4.31. The minimum Gasteiger partial charge on any atom is -0.279 e. The molecule has 1 nitrogen and oxygen atoms in total. The van der Waals surface area contributed by atoms with Gasteiger partial charge in [0.15, 0.2) is 0 Å². The monoisotopic (exact) mass is 246 g/mol. The van der Waals surface area contributed by atoms with Crippen molar-refractivity contribution >= 4 is 11.4 Å². The van der Waals surface area contributed by atoms with Crippen molar-refractivity contribution in [3.63, 3.8) is 0 Å². The molecule has 0 spiro atoms. The number of carbonyl (C=O) groups excluding carboxylic acids is 1. The second-order valence-corrected chi connectivity index (χ2v) is 4.14. The Bertz CT molecular complexity index is 628. The maximum Gasteiger partial charge on any atom is 0.235 e. The van der Waals surface area contributed by atoms with E-state index in [0.717, 1.165) is 11.1 Å². The molecule has 0 aliphatic rings. The molecule has 0 saturated carbocycles. The minimum absolute atomic E-state index is 0.151. The molecule has 0 aromatic heterocycles. The van der Waals surface area contributed by atoms with E-state index in [1.807, 2.05) is 48.5 Å². The summed E-state index contributed by atoms with van der Waals surface area (Å²) in [5.74, 6) is 5.38. The topological polar surface area (TPSA) is 17.1 Å². The molecular weight excluding hydrogens is 232 g/mol. The highest BCUT2D eigenvalue weighted by Crippen LogP contribution is 2.14. The van der Waals surface area contributed by atoms with Gasteiger partial charge in [0.25, 0.3) is 0 Å². The Hall–Kier alpha value is -2.59. The minimum atomic E-state index is -0.151. The average Bonchev–Trinajstić information content (AvgIpc) is 2.49. The van der Waals surface area contributed by atoms with Gasteiger partial charge in [0, 0.05) is 12.0 Å². The van der Waals surface area contributed by atoms with Gasteiger partial charge in [-0.2, -0.15) is 0 Å². The smallest absolute Gasteiger partial charge is 0.235 e. The van der Waals surface area contributed by atoms with Crippen LogP contribution in [0.3, 0.4) is 0 Å². The molecule has 1 heteroatoms. The van der Waals surface area contributed by atoms with Crippen LogP contribution in [-0.2, 0) is 0 Å². The number of hydrogen-bond acceptors (Lipinski definition) is 1. The zero-order valence-corrected chi connectivity index (χ0v) is 10.6. The second-order valence-electron chi connectivity index (χ2n) is 4.14. The average molecular weight is 246 g/mol. The lowest BCUT2D eigenvalue weighted by Crippen LogP contribution is -1.93. The third-order valence-corrected chi connectivity index (χ3v) is 2.72. The molecular formula is C18H14O. The summed E-state index contributed by atoms with van der Waals surface area (Å²) >= 11 is 0. The lowest BCUT2D eigenvalue weighted by Gasteiger charge is -1.99. The largest absolute Gasteiger partial charge is 0.279 e. The van der Waals surface area contributed by atoms with Crippen molar-refractivity contribution < 1.29 is 4.79 Å². The van der Waals surface area contributed by atoms with E-state index in [1.54, 1.807) is 12.1 Å². The van der Waals surface area contributed by atoms with Gasteiger partial charge in [-0.15, -0.1) is 0 Å². The molecule has 0 heterocycles. The van der Waals surface area contributed by atoms with Crippen molar-refractivity contribution in [2.24, 2.45) is 0 Å². The molecule has 0 amide bonds. The lowest BCUT2D eigenvalue weighted by molar-refractivity contribution is 0.105. The molecule has 19 heavy (non-hydrogen) atoms. The van der Waals surface area contributed by atoms with E-state index in [-0.39, 0.29) is 5.78 Å². The fourth-order valence-corrected chi connectivity index (χ4v) is 1.67. The number of benzene rings is 2. The van der Waals surface area contributed by atoms with Gasteiger partial charge in [-0.1, -0.05) is 73.2 Å². The third kappa shape index (κ3) is 3.69. The first-order valence-corrected chi connectivity index (χ1v) is 6.09. The maximum atomic E-state index is 11.8. The van der Waals surface area contributed by atoms with Crippen molar-refractivity contribution in [3.8, 4) is 11.8 Å². The second kappa shape index (κ2) is 6.37. The van der Waals surface area contributed by atoms with Crippen molar-refractivity contribution in [2.75, 3.05) is 0 Å². The van der Waals surface area contributed by atoms with Crippen LogP contribution in [0.1, 0.15) is 22.3 Å². The van der Waals surface area contributed by atoms with Crippen LogP contribution in [0.15, 0.2) is 67.2 Å². The van der Waals surface area contributed by atoms with Gasteiger partial charge in [0.1, 0.15) is 0 Å². The predicted octanol–water partition coefficient (Wildman–Crippen LogP) is 3.98. The van der Waals surface area contributed by atoms with Crippen LogP contribution in [-0.4, -0.2) is 5.78 Å². The molecule has 92 valence electrons. The van der Waals surface area contributed by atoms with E-state index in [4.69, 9.17) is 0 Å². The van der Waals surface area contributed by atoms with Gasteiger partial charge in [0.05, 0.1) is 0 Å². The van der Waals surface area contributed by atoms with Crippen LogP contribution in [0.5, 0.6) is 0 Å². The summed E-state index contributed by atoms with van der Waals surface area (Å²) in [5.41, 5.74) is 2.61. The van der Waals surface area contributed by atoms with Crippen molar-refractivity contribution in [3.05, 3.63) is 78.4 Å². The zero-order chi connectivity index (χ0) is 13.5. The fraction of sp³-hybridized carbons (Fsp3) is 0.0556. The molecule has 2 rings (SSSR count). The standard InChI is InChI=1S/C18H14O/c1-15(16-10-4-2-5-11-16)9-8-14-18(19)17-12-6-3-7-13-17/h2-7,10-13H,1,9H2. The quantitative estimate of drug-likeness (QED) is 0.455. The first-order chi connectivity index (χ1) is 9.27. The molecule has 0 fully saturated rings. The first-order valence-electron chi connectivity index (χ1n) is 6.09. The molecule has 2 aromatic carbocycles. The summed E-state index contributed by atoms with van der Waals surface area (Å²) in [5, 5.41) is 0. The predicted molar refractivity (Wildman–Crippen MR) is 78.6 cm³/mol. The molecule has 0 aliphatic heterocycles. The van der Waals surface area contributed by atoms with E-state index in [0.29, 0.717) is 12.0 Å². The Labute approximate surface area is 113 Å². The summed E-state index contributed by atoms with van der Waals surface area (Å²) in [7, 11) is 0. The van der Waals surface area contributed by atoms with Gasteiger partial charge in [0.2, 0.25) is 5.78 Å². The van der Waals surface area contributed by atoms with Crippen molar-refractivity contribution in [1.29, 1.82) is 0 Å². The van der Waals surface area contributed by atoms with Crippen LogP contribution < -0.4 is 0 Å². The first kappa shape index (κ1) is 12.9. The molecule has 2 aromatic rings. The molecule has 0 radical (unpaired) electrons. The fourth-order valence-electron chi connectivity index (χ4n) is 1.67. The molecule has 0 bridgehead atoms. The van der Waals surface area contributed by atoms with Crippen LogP contribution in [0.25, 0.3) is 5.57 Å². The van der Waals surface area contributed by atoms with Gasteiger partial charge in [-0.25, -0.2) is 0 Å². The highest BCUT2D eigenvalue weighted by molar-refractivity contribution is 6.09. The van der Waals surface area contributed by atoms with E-state index >= 15 is 0 Å². The molecule has 0 atom stereocenters. The molecule has 0 aliphatic carbocycles. The Morgan fingerprint density at radius 3 is 2.00 bits per heavy atom. The summed E-state index contributed by atoms with van der Waals surface area (Å²) in [4.78, 5) is 11.8. The summed E-state index contributed by atoms with van der Waals surface area (Å²) < 4.78 is 0. The van der Waals surface area contributed by atoms with Crippen LogP contribution >= 0.6 is 0 Å². The van der Waals surface area contributed by atoms with E-state index < -0.39 is 0 Å². The number of Topliss-reactive ketones (excluding diaryl/α,β-unsaturated/α-hetero) is 1. The number of hydrogen-bond donors (Lipinski definition) is 0. The van der Waals surface area contributed by atoms with Gasteiger partial charge in [-0.3, -0.25) is 4.79 Å². The summed E-state index contributed by atoms with van der Waals surface area (Å²) in [6.07, 6.45) is 0.503. The Morgan fingerprint density at radius 2 is 1.42 bits per heavy atom. The van der Waals surface area contributed by atoms with Crippen LogP contribution in [0, 0.1) is 11.8 Å².